The normalized spacial score (nSPS) is 14.0. The van der Waals surface area contributed by atoms with Crippen LogP contribution in [0.25, 0.3) is 11.4 Å². The van der Waals surface area contributed by atoms with Gasteiger partial charge in [-0.2, -0.15) is 0 Å². The van der Waals surface area contributed by atoms with Gasteiger partial charge in [0.15, 0.2) is 5.82 Å². The number of halogens is 1. The fourth-order valence-corrected chi connectivity index (χ4v) is 3.15. The molecule has 0 saturated carbocycles. The molecule has 3 aromatic rings. The number of rotatable bonds is 5. The maximum Gasteiger partial charge on any atom is 0.209 e. The number of nitrogens with zero attached hydrogens (tertiary/aromatic N) is 4. The molecular formula is C21H20FN5O. The minimum Gasteiger partial charge on any atom is -0.353 e. The van der Waals surface area contributed by atoms with Crippen LogP contribution in [0.3, 0.4) is 0 Å². The molecule has 4 rings (SSSR count). The number of hydrogen-bond donors (Lipinski definition) is 1. The molecule has 1 N–H and O–H groups in total. The topological polar surface area (TPSA) is 61.4 Å². The van der Waals surface area contributed by atoms with Gasteiger partial charge >= 0.3 is 0 Å². The number of carbonyl (C=O) groups is 1. The first-order valence-corrected chi connectivity index (χ1v) is 9.13. The Bertz CT molecular complexity index is 958. The first-order valence-electron chi connectivity index (χ1n) is 9.13. The highest BCUT2D eigenvalue weighted by molar-refractivity contribution is 5.65. The Hall–Kier alpha value is -3.48. The van der Waals surface area contributed by atoms with E-state index in [1.54, 1.807) is 17.0 Å². The molecule has 1 saturated heterocycles. The van der Waals surface area contributed by atoms with Crippen molar-refractivity contribution >= 4 is 23.7 Å². The monoisotopic (exact) mass is 377 g/mol. The second-order valence-electron chi connectivity index (χ2n) is 6.56. The summed E-state index contributed by atoms with van der Waals surface area (Å²) >= 11 is 0. The van der Waals surface area contributed by atoms with Gasteiger partial charge in [0.1, 0.15) is 17.5 Å². The molecule has 6 nitrogen and oxygen atoms in total. The second-order valence-corrected chi connectivity index (χ2v) is 6.56. The van der Waals surface area contributed by atoms with E-state index >= 15 is 0 Å². The molecule has 142 valence electrons. The lowest BCUT2D eigenvalue weighted by molar-refractivity contribution is -0.118. The second kappa shape index (κ2) is 8.04. The maximum absolute atomic E-state index is 13.5. The largest absolute Gasteiger partial charge is 0.353 e. The minimum absolute atomic E-state index is 0.312. The van der Waals surface area contributed by atoms with E-state index in [9.17, 15) is 9.18 Å². The van der Waals surface area contributed by atoms with Crippen LogP contribution in [0.2, 0.25) is 0 Å². The SMILES string of the molecule is O=CN1CCN(c2cc(Nc3cccc(F)c3)nc(-c3ccccc3)n2)CC1. The molecule has 1 aromatic heterocycles. The van der Waals surface area contributed by atoms with E-state index < -0.39 is 0 Å². The van der Waals surface area contributed by atoms with E-state index in [0.717, 1.165) is 17.8 Å². The van der Waals surface area contributed by atoms with Gasteiger partial charge in [0.2, 0.25) is 6.41 Å². The summed E-state index contributed by atoms with van der Waals surface area (Å²) < 4.78 is 13.5. The standard InChI is InChI=1S/C21H20FN5O/c22-17-7-4-8-18(13-17)23-19-14-20(27-11-9-26(15-28)10-12-27)25-21(24-19)16-5-2-1-3-6-16/h1-8,13-15H,9-12H2,(H,23,24,25). The van der Waals surface area contributed by atoms with Crippen LogP contribution >= 0.6 is 0 Å². The molecule has 7 heteroatoms. The molecule has 2 heterocycles. The number of aromatic nitrogens is 2. The van der Waals surface area contributed by atoms with Crippen molar-refractivity contribution in [1.29, 1.82) is 0 Å². The van der Waals surface area contributed by atoms with Crippen LogP contribution in [0, 0.1) is 5.82 Å². The molecule has 1 aliphatic heterocycles. The summed E-state index contributed by atoms with van der Waals surface area (Å²) in [6.07, 6.45) is 0.879. The third-order valence-electron chi connectivity index (χ3n) is 4.63. The molecule has 28 heavy (non-hydrogen) atoms. The zero-order valence-electron chi connectivity index (χ0n) is 15.3. The van der Waals surface area contributed by atoms with Gasteiger partial charge in [0, 0.05) is 43.5 Å². The summed E-state index contributed by atoms with van der Waals surface area (Å²) in [4.78, 5) is 24.2. The quantitative estimate of drug-likeness (QED) is 0.692. The average Bonchev–Trinajstić information content (AvgIpc) is 2.74. The van der Waals surface area contributed by atoms with Gasteiger partial charge in [-0.3, -0.25) is 4.79 Å². The van der Waals surface area contributed by atoms with Crippen LogP contribution in [-0.2, 0) is 4.79 Å². The molecule has 0 atom stereocenters. The number of amides is 1. The number of carbonyl (C=O) groups excluding carboxylic acids is 1. The Morgan fingerprint density at radius 1 is 0.929 bits per heavy atom. The van der Waals surface area contributed by atoms with E-state index in [2.05, 4.69) is 15.2 Å². The van der Waals surface area contributed by atoms with Crippen LogP contribution in [0.15, 0.2) is 60.7 Å². The molecule has 0 spiro atoms. The summed E-state index contributed by atoms with van der Waals surface area (Å²) in [5.74, 6) is 1.65. The van der Waals surface area contributed by atoms with E-state index in [-0.39, 0.29) is 5.82 Å². The predicted octanol–water partition coefficient (Wildman–Crippen LogP) is 3.30. The van der Waals surface area contributed by atoms with Crippen molar-refractivity contribution in [1.82, 2.24) is 14.9 Å². The molecule has 0 radical (unpaired) electrons. The third kappa shape index (κ3) is 4.09. The van der Waals surface area contributed by atoms with Crippen LogP contribution in [0.1, 0.15) is 0 Å². The number of piperazine rings is 1. The Labute approximate surface area is 162 Å². The summed E-state index contributed by atoms with van der Waals surface area (Å²) in [5, 5.41) is 3.17. The summed E-state index contributed by atoms with van der Waals surface area (Å²) in [6.45, 7) is 2.70. The molecule has 1 aliphatic rings. The molecule has 1 amide bonds. The number of benzene rings is 2. The van der Waals surface area contributed by atoms with Crippen molar-refractivity contribution in [2.75, 3.05) is 36.4 Å². The molecular weight excluding hydrogens is 357 g/mol. The highest BCUT2D eigenvalue weighted by Crippen LogP contribution is 2.25. The fraction of sp³-hybridized carbons (Fsp3) is 0.190. The van der Waals surface area contributed by atoms with Crippen LogP contribution < -0.4 is 10.2 Å². The van der Waals surface area contributed by atoms with Gasteiger partial charge < -0.3 is 15.1 Å². The zero-order chi connectivity index (χ0) is 19.3. The van der Waals surface area contributed by atoms with Crippen molar-refractivity contribution in [3.05, 3.63) is 66.5 Å². The van der Waals surface area contributed by atoms with Crippen LogP contribution in [0.5, 0.6) is 0 Å². The number of anilines is 3. The molecule has 2 aromatic carbocycles. The summed E-state index contributed by atoms with van der Waals surface area (Å²) in [6, 6.07) is 17.8. The highest BCUT2D eigenvalue weighted by atomic mass is 19.1. The molecule has 0 unspecified atom stereocenters. The van der Waals surface area contributed by atoms with Crippen molar-refractivity contribution in [3.8, 4) is 11.4 Å². The minimum atomic E-state index is -0.312. The fourth-order valence-electron chi connectivity index (χ4n) is 3.15. The van der Waals surface area contributed by atoms with Crippen molar-refractivity contribution in [3.63, 3.8) is 0 Å². The molecule has 0 bridgehead atoms. The predicted molar refractivity (Wildman–Crippen MR) is 107 cm³/mol. The van der Waals surface area contributed by atoms with E-state index in [1.807, 2.05) is 36.4 Å². The number of hydrogen-bond acceptors (Lipinski definition) is 5. The van der Waals surface area contributed by atoms with Crippen molar-refractivity contribution < 1.29 is 9.18 Å². The van der Waals surface area contributed by atoms with E-state index in [1.165, 1.54) is 12.1 Å². The van der Waals surface area contributed by atoms with E-state index in [4.69, 9.17) is 4.98 Å². The Morgan fingerprint density at radius 3 is 2.43 bits per heavy atom. The molecule has 1 fully saturated rings. The summed E-state index contributed by atoms with van der Waals surface area (Å²) in [7, 11) is 0. The zero-order valence-corrected chi connectivity index (χ0v) is 15.3. The molecule has 0 aliphatic carbocycles. The average molecular weight is 377 g/mol. The summed E-state index contributed by atoms with van der Waals surface area (Å²) in [5.41, 5.74) is 1.52. The Balaban J connectivity index is 1.68. The van der Waals surface area contributed by atoms with Gasteiger partial charge in [-0.25, -0.2) is 14.4 Å². The van der Waals surface area contributed by atoms with Crippen molar-refractivity contribution in [2.24, 2.45) is 0 Å². The lowest BCUT2D eigenvalue weighted by Gasteiger charge is -2.33. The first kappa shape index (κ1) is 17.9. The van der Waals surface area contributed by atoms with Gasteiger partial charge in [-0.1, -0.05) is 36.4 Å². The van der Waals surface area contributed by atoms with Crippen molar-refractivity contribution in [2.45, 2.75) is 0 Å². The van der Waals surface area contributed by atoms with Gasteiger partial charge in [-0.15, -0.1) is 0 Å². The Kier molecular flexibility index (Phi) is 5.14. The van der Waals surface area contributed by atoms with Gasteiger partial charge in [0.25, 0.3) is 0 Å². The van der Waals surface area contributed by atoms with E-state index in [0.29, 0.717) is 43.5 Å². The maximum atomic E-state index is 13.5. The Morgan fingerprint density at radius 2 is 1.71 bits per heavy atom. The lowest BCUT2D eigenvalue weighted by Crippen LogP contribution is -2.46. The first-order chi connectivity index (χ1) is 13.7. The lowest BCUT2D eigenvalue weighted by atomic mass is 10.2. The third-order valence-corrected chi connectivity index (χ3v) is 4.63. The van der Waals surface area contributed by atoms with Gasteiger partial charge in [-0.05, 0) is 18.2 Å². The highest BCUT2D eigenvalue weighted by Gasteiger charge is 2.19. The van der Waals surface area contributed by atoms with Crippen LogP contribution in [0.4, 0.5) is 21.7 Å². The van der Waals surface area contributed by atoms with Crippen LogP contribution in [-0.4, -0.2) is 47.5 Å². The number of nitrogens with one attached hydrogen (secondary N) is 1. The van der Waals surface area contributed by atoms with Gasteiger partial charge in [0.05, 0.1) is 0 Å². The smallest absolute Gasteiger partial charge is 0.209 e.